The van der Waals surface area contributed by atoms with Crippen LogP contribution in [0, 0.1) is 44.2 Å². The van der Waals surface area contributed by atoms with Gasteiger partial charge in [0.05, 0.1) is 37.8 Å². The van der Waals surface area contributed by atoms with Gasteiger partial charge in [0, 0.05) is 34.4 Å². The molecule has 0 amide bonds. The van der Waals surface area contributed by atoms with Crippen LogP contribution in [0.4, 0.5) is 22.7 Å². The van der Waals surface area contributed by atoms with Gasteiger partial charge in [-0.1, -0.05) is 25.1 Å². The number of rotatable bonds is 5. The molecule has 3 aromatic rings. The highest BCUT2D eigenvalue weighted by molar-refractivity contribution is 6.27. The van der Waals surface area contributed by atoms with Crippen LogP contribution in [0.5, 0.6) is 0 Å². The Kier molecular flexibility index (Phi) is 5.21. The number of aliphatic imine (C=N–C) groups is 1. The van der Waals surface area contributed by atoms with E-state index >= 15 is 0 Å². The van der Waals surface area contributed by atoms with Crippen molar-refractivity contribution in [3.63, 3.8) is 0 Å². The van der Waals surface area contributed by atoms with Crippen molar-refractivity contribution in [2.24, 2.45) is 4.99 Å². The van der Waals surface area contributed by atoms with Gasteiger partial charge in [0.15, 0.2) is 0 Å². The summed E-state index contributed by atoms with van der Waals surface area (Å²) in [5.41, 5.74) is 3.03. The molecule has 0 aromatic heterocycles. The van der Waals surface area contributed by atoms with Crippen LogP contribution in [0.15, 0.2) is 47.5 Å². The minimum atomic E-state index is -0.711. The van der Waals surface area contributed by atoms with Gasteiger partial charge in [-0.2, -0.15) is 0 Å². The smallest absolute Gasteiger partial charge is 0.258 e. The lowest BCUT2D eigenvalue weighted by Gasteiger charge is -2.09. The summed E-state index contributed by atoms with van der Waals surface area (Å²) in [6.45, 7) is 5.51. The molecular weight excluding hydrogens is 428 g/mol. The van der Waals surface area contributed by atoms with E-state index in [0.29, 0.717) is 28.9 Å². The van der Waals surface area contributed by atoms with Crippen LogP contribution in [0.2, 0.25) is 0 Å². The van der Waals surface area contributed by atoms with Crippen LogP contribution in [-0.4, -0.2) is 20.5 Å². The lowest BCUT2D eigenvalue weighted by atomic mass is 9.99. The van der Waals surface area contributed by atoms with Gasteiger partial charge < -0.3 is 0 Å². The SMILES string of the molecule is CCc1cc2c(cc1[N+](=O)[O-])-c1c(cc([N+](=O)[O-])cc1[N+](=O)[O-])C2=Nc1c(C)cccc1C. The molecule has 33 heavy (non-hydrogen) atoms. The summed E-state index contributed by atoms with van der Waals surface area (Å²) in [5, 5.41) is 35.1. The van der Waals surface area contributed by atoms with E-state index in [1.54, 1.807) is 13.0 Å². The average Bonchev–Trinajstić information content (AvgIpc) is 3.07. The average molecular weight is 446 g/mol. The van der Waals surface area contributed by atoms with E-state index < -0.39 is 26.1 Å². The molecule has 0 aliphatic heterocycles. The quantitative estimate of drug-likeness (QED) is 0.282. The Morgan fingerprint density at radius 1 is 0.788 bits per heavy atom. The molecular formula is C23H18N4O6. The van der Waals surface area contributed by atoms with Crippen molar-refractivity contribution in [2.75, 3.05) is 0 Å². The first-order valence-corrected chi connectivity index (χ1v) is 10.1. The summed E-state index contributed by atoms with van der Waals surface area (Å²) >= 11 is 0. The molecule has 0 saturated heterocycles. The van der Waals surface area contributed by atoms with Crippen molar-refractivity contribution in [1.29, 1.82) is 0 Å². The van der Waals surface area contributed by atoms with Crippen molar-refractivity contribution in [1.82, 2.24) is 0 Å². The van der Waals surface area contributed by atoms with Crippen LogP contribution in [0.1, 0.15) is 34.7 Å². The van der Waals surface area contributed by atoms with Crippen molar-refractivity contribution in [3.05, 3.63) is 101 Å². The summed E-state index contributed by atoms with van der Waals surface area (Å²) in [7, 11) is 0. The monoisotopic (exact) mass is 446 g/mol. The minimum Gasteiger partial charge on any atom is -0.258 e. The number of fused-ring (bicyclic) bond motifs is 3. The van der Waals surface area contributed by atoms with Crippen LogP contribution >= 0.6 is 0 Å². The fourth-order valence-electron chi connectivity index (χ4n) is 4.18. The molecule has 10 heteroatoms. The molecule has 0 saturated carbocycles. The van der Waals surface area contributed by atoms with Gasteiger partial charge in [-0.25, -0.2) is 4.99 Å². The summed E-state index contributed by atoms with van der Waals surface area (Å²) < 4.78 is 0. The Hall–Kier alpha value is -4.47. The molecule has 1 aliphatic carbocycles. The topological polar surface area (TPSA) is 142 Å². The third-order valence-corrected chi connectivity index (χ3v) is 5.75. The number of nitro groups is 3. The summed E-state index contributed by atoms with van der Waals surface area (Å²) in [6, 6.07) is 10.6. The van der Waals surface area contributed by atoms with E-state index in [9.17, 15) is 30.3 Å². The van der Waals surface area contributed by atoms with Crippen molar-refractivity contribution >= 4 is 28.5 Å². The first kappa shape index (κ1) is 21.8. The molecule has 10 nitrogen and oxygen atoms in total. The second kappa shape index (κ2) is 7.90. The van der Waals surface area contributed by atoms with Gasteiger partial charge in [0.1, 0.15) is 0 Å². The number of hydrogen-bond acceptors (Lipinski definition) is 7. The van der Waals surface area contributed by atoms with E-state index in [4.69, 9.17) is 4.99 Å². The molecule has 166 valence electrons. The maximum absolute atomic E-state index is 11.9. The maximum Gasteiger partial charge on any atom is 0.284 e. The Labute approximate surface area is 187 Å². The van der Waals surface area contributed by atoms with E-state index in [1.165, 1.54) is 12.1 Å². The predicted octanol–water partition coefficient (Wildman–Crippen LogP) is 5.74. The second-order valence-corrected chi connectivity index (χ2v) is 7.74. The van der Waals surface area contributed by atoms with Crippen LogP contribution in [0.25, 0.3) is 11.1 Å². The molecule has 1 aliphatic rings. The highest BCUT2D eigenvalue weighted by atomic mass is 16.6. The van der Waals surface area contributed by atoms with Gasteiger partial charge >= 0.3 is 0 Å². The molecule has 4 rings (SSSR count). The normalized spacial score (nSPS) is 13.0. The Morgan fingerprint density at radius 2 is 1.42 bits per heavy atom. The number of nitro benzene ring substituents is 3. The summed E-state index contributed by atoms with van der Waals surface area (Å²) in [4.78, 5) is 37.9. The molecule has 0 unspecified atom stereocenters. The van der Waals surface area contributed by atoms with E-state index in [1.807, 2.05) is 32.0 Å². The number of nitrogens with zero attached hydrogens (tertiary/aromatic N) is 4. The Balaban J connectivity index is 2.17. The third-order valence-electron chi connectivity index (χ3n) is 5.75. The minimum absolute atomic E-state index is 0.0938. The van der Waals surface area contributed by atoms with Gasteiger partial charge in [-0.15, -0.1) is 0 Å². The van der Waals surface area contributed by atoms with Gasteiger partial charge in [0.2, 0.25) is 0 Å². The second-order valence-electron chi connectivity index (χ2n) is 7.74. The third kappa shape index (κ3) is 3.51. The zero-order chi connectivity index (χ0) is 24.0. The summed E-state index contributed by atoms with van der Waals surface area (Å²) in [5.74, 6) is 0. The van der Waals surface area contributed by atoms with Gasteiger partial charge in [-0.3, -0.25) is 30.3 Å². The van der Waals surface area contributed by atoms with E-state index in [2.05, 4.69) is 0 Å². The predicted molar refractivity (Wildman–Crippen MR) is 122 cm³/mol. The van der Waals surface area contributed by atoms with Crippen LogP contribution < -0.4 is 0 Å². The molecule has 0 fully saturated rings. The standard InChI is InChI=1S/C23H18N4O6/c1-4-14-8-17-16(11-19(14)26(30)31)21-18(9-15(25(28)29)10-20(21)27(32)33)23(17)24-22-12(2)6-5-7-13(22)3/h5-11H,4H2,1-3H3. The van der Waals surface area contributed by atoms with Crippen LogP contribution in [0.3, 0.4) is 0 Å². The van der Waals surface area contributed by atoms with Crippen molar-refractivity contribution < 1.29 is 14.8 Å². The first-order chi connectivity index (χ1) is 15.6. The zero-order valence-corrected chi connectivity index (χ0v) is 18.0. The maximum atomic E-state index is 11.9. The van der Waals surface area contributed by atoms with Crippen molar-refractivity contribution in [3.8, 4) is 11.1 Å². The van der Waals surface area contributed by atoms with Gasteiger partial charge in [0.25, 0.3) is 17.1 Å². The van der Waals surface area contributed by atoms with Crippen molar-refractivity contribution in [2.45, 2.75) is 27.2 Å². The lowest BCUT2D eigenvalue weighted by Crippen LogP contribution is -2.02. The molecule has 3 aromatic carbocycles. The number of benzene rings is 3. The number of non-ortho nitro benzene ring substituents is 1. The molecule has 0 spiro atoms. The largest absolute Gasteiger partial charge is 0.284 e. The fraction of sp³-hybridized carbons (Fsp3) is 0.174. The zero-order valence-electron chi connectivity index (χ0n) is 18.0. The highest BCUT2D eigenvalue weighted by Crippen LogP contribution is 2.47. The summed E-state index contributed by atoms with van der Waals surface area (Å²) in [6.07, 6.45) is 0.360. The molecule has 0 radical (unpaired) electrons. The Bertz CT molecular complexity index is 1390. The molecule has 0 N–H and O–H groups in total. The molecule has 0 atom stereocenters. The van der Waals surface area contributed by atoms with Gasteiger partial charge in [-0.05, 0) is 37.5 Å². The first-order valence-electron chi connectivity index (χ1n) is 10.1. The van der Waals surface area contributed by atoms with Crippen LogP contribution in [-0.2, 0) is 6.42 Å². The highest BCUT2D eigenvalue weighted by Gasteiger charge is 2.37. The van der Waals surface area contributed by atoms with E-state index in [0.717, 1.165) is 17.2 Å². The number of para-hydroxylation sites is 1. The Morgan fingerprint density at radius 3 is 1.97 bits per heavy atom. The lowest BCUT2D eigenvalue weighted by molar-refractivity contribution is -0.393. The molecule has 0 bridgehead atoms. The number of aryl methyl sites for hydroxylation is 3. The fourth-order valence-corrected chi connectivity index (χ4v) is 4.18. The molecule has 0 heterocycles. The number of hydrogen-bond donors (Lipinski definition) is 0. The van der Waals surface area contributed by atoms with E-state index in [-0.39, 0.29) is 22.4 Å².